The van der Waals surface area contributed by atoms with Crippen molar-refractivity contribution in [2.24, 2.45) is 0 Å². The van der Waals surface area contributed by atoms with Crippen LogP contribution in [-0.4, -0.2) is 14.2 Å². The molecule has 0 fully saturated rings. The van der Waals surface area contributed by atoms with E-state index in [1.165, 1.54) is 54.6 Å². The fourth-order valence-electron chi connectivity index (χ4n) is 2.89. The maximum absolute atomic E-state index is 12.7. The van der Waals surface area contributed by atoms with E-state index < -0.39 is 21.4 Å². The van der Waals surface area contributed by atoms with Gasteiger partial charge in [0, 0.05) is 21.7 Å². The van der Waals surface area contributed by atoms with E-state index in [1.807, 2.05) is 0 Å². The third-order valence-electron chi connectivity index (χ3n) is 4.41. The van der Waals surface area contributed by atoms with Gasteiger partial charge in [-0.3, -0.25) is 9.52 Å². The molecule has 0 saturated heterocycles. The number of para-hydroxylation sites is 1. The molecule has 150 valence electrons. The van der Waals surface area contributed by atoms with Crippen molar-refractivity contribution in [3.63, 3.8) is 0 Å². The Kier molecular flexibility index (Phi) is 5.15. The Hall–Kier alpha value is -3.42. The fraction of sp³-hybridized carbons (Fsp3) is 0. The van der Waals surface area contributed by atoms with Gasteiger partial charge in [0.15, 0.2) is 5.78 Å². The number of benzene rings is 3. The molecule has 1 N–H and O–H groups in total. The molecule has 0 saturated carbocycles. The summed E-state index contributed by atoms with van der Waals surface area (Å²) in [5.41, 5.74) is 0.0690. The summed E-state index contributed by atoms with van der Waals surface area (Å²) in [7, 11) is -3.80. The summed E-state index contributed by atoms with van der Waals surface area (Å²) in [6.45, 7) is 0. The lowest BCUT2D eigenvalue weighted by Gasteiger charge is -2.09. The third kappa shape index (κ3) is 3.98. The molecule has 0 aliphatic carbocycles. The van der Waals surface area contributed by atoms with Crippen molar-refractivity contribution < 1.29 is 17.6 Å². The number of carbonyl (C=O) groups is 1. The van der Waals surface area contributed by atoms with Crippen LogP contribution in [0.25, 0.3) is 11.0 Å². The van der Waals surface area contributed by atoms with Gasteiger partial charge in [-0.05, 0) is 60.7 Å². The van der Waals surface area contributed by atoms with E-state index in [1.54, 1.807) is 24.3 Å². The molecule has 6 nitrogen and oxygen atoms in total. The maximum atomic E-state index is 12.7. The van der Waals surface area contributed by atoms with Crippen LogP contribution in [0.4, 0.5) is 5.69 Å². The molecule has 3 aromatic carbocycles. The first kappa shape index (κ1) is 19.9. The van der Waals surface area contributed by atoms with E-state index in [-0.39, 0.29) is 21.7 Å². The molecule has 30 heavy (non-hydrogen) atoms. The lowest BCUT2D eigenvalue weighted by atomic mass is 10.0. The molecule has 0 unspecified atom stereocenters. The summed E-state index contributed by atoms with van der Waals surface area (Å²) in [4.78, 5) is 25.0. The van der Waals surface area contributed by atoms with Crippen molar-refractivity contribution in [2.75, 3.05) is 4.72 Å². The monoisotopic (exact) mass is 439 g/mol. The number of halogens is 1. The van der Waals surface area contributed by atoms with Crippen LogP contribution >= 0.6 is 11.6 Å². The van der Waals surface area contributed by atoms with Crippen LogP contribution < -0.4 is 10.3 Å². The molecule has 0 amide bonds. The molecular weight excluding hydrogens is 426 g/mol. The minimum atomic E-state index is -3.80. The molecule has 0 aliphatic rings. The Morgan fingerprint density at radius 2 is 1.57 bits per heavy atom. The number of nitrogens with one attached hydrogen (secondary N) is 1. The second kappa shape index (κ2) is 7.78. The summed E-state index contributed by atoms with van der Waals surface area (Å²) in [6.07, 6.45) is 0. The van der Waals surface area contributed by atoms with Crippen molar-refractivity contribution >= 4 is 44.1 Å². The average molecular weight is 440 g/mol. The Balaban J connectivity index is 1.59. The molecule has 0 bridgehead atoms. The van der Waals surface area contributed by atoms with Gasteiger partial charge in [0.25, 0.3) is 10.0 Å². The standard InChI is InChI=1S/C22H14ClNO5S/c23-16-7-11-18(12-8-16)30(27,28)24-17-9-5-14(6-10-17)21(25)19-13-15-3-1-2-4-20(15)29-22(19)26/h1-13,24H. The van der Waals surface area contributed by atoms with Crippen molar-refractivity contribution in [1.82, 2.24) is 0 Å². The first-order valence-corrected chi connectivity index (χ1v) is 10.7. The highest BCUT2D eigenvalue weighted by molar-refractivity contribution is 7.92. The van der Waals surface area contributed by atoms with E-state index >= 15 is 0 Å². The second-order valence-electron chi connectivity index (χ2n) is 6.45. The van der Waals surface area contributed by atoms with Gasteiger partial charge in [-0.1, -0.05) is 29.8 Å². The quantitative estimate of drug-likeness (QED) is 0.365. The predicted molar refractivity (Wildman–Crippen MR) is 115 cm³/mol. The Morgan fingerprint density at radius 3 is 2.27 bits per heavy atom. The first-order chi connectivity index (χ1) is 14.3. The molecular formula is C22H14ClNO5S. The number of fused-ring (bicyclic) bond motifs is 1. The van der Waals surface area contributed by atoms with Crippen molar-refractivity contribution in [1.29, 1.82) is 0 Å². The zero-order valence-corrected chi connectivity index (χ0v) is 16.9. The van der Waals surface area contributed by atoms with Gasteiger partial charge in [-0.25, -0.2) is 13.2 Å². The zero-order chi connectivity index (χ0) is 21.3. The summed E-state index contributed by atoms with van der Waals surface area (Å²) < 4.78 is 32.5. The minimum absolute atomic E-state index is 0.0563. The number of ketones is 1. The lowest BCUT2D eigenvalue weighted by molar-refractivity contribution is 0.103. The van der Waals surface area contributed by atoms with Crippen LogP contribution in [0.1, 0.15) is 15.9 Å². The highest BCUT2D eigenvalue weighted by Gasteiger charge is 2.17. The smallest absolute Gasteiger partial charge is 0.347 e. The number of rotatable bonds is 5. The fourth-order valence-corrected chi connectivity index (χ4v) is 4.08. The highest BCUT2D eigenvalue weighted by Crippen LogP contribution is 2.20. The Bertz CT molecular complexity index is 1410. The Labute approximate surface area is 176 Å². The number of hydrogen-bond acceptors (Lipinski definition) is 5. The van der Waals surface area contributed by atoms with Gasteiger partial charge < -0.3 is 4.42 Å². The third-order valence-corrected chi connectivity index (χ3v) is 6.06. The minimum Gasteiger partial charge on any atom is -0.422 e. The number of sulfonamides is 1. The van der Waals surface area contributed by atoms with Gasteiger partial charge >= 0.3 is 5.63 Å². The summed E-state index contributed by atoms with van der Waals surface area (Å²) in [5, 5.41) is 1.06. The van der Waals surface area contributed by atoms with Gasteiger partial charge in [0.2, 0.25) is 0 Å². The average Bonchev–Trinajstić information content (AvgIpc) is 2.73. The predicted octanol–water partition coefficient (Wildman–Crippen LogP) is 4.48. The van der Waals surface area contributed by atoms with Gasteiger partial charge in [0.05, 0.1) is 4.90 Å². The Morgan fingerprint density at radius 1 is 0.900 bits per heavy atom. The van der Waals surface area contributed by atoms with Crippen LogP contribution in [0.5, 0.6) is 0 Å². The molecule has 0 spiro atoms. The molecule has 0 atom stereocenters. The normalized spacial score (nSPS) is 11.4. The summed E-state index contributed by atoms with van der Waals surface area (Å²) in [6, 6.07) is 19.9. The molecule has 1 heterocycles. The van der Waals surface area contributed by atoms with E-state index in [4.69, 9.17) is 16.0 Å². The SMILES string of the molecule is O=C(c1ccc(NS(=O)(=O)c2ccc(Cl)cc2)cc1)c1cc2ccccc2oc1=O. The van der Waals surface area contributed by atoms with Crippen LogP contribution in [0, 0.1) is 0 Å². The molecule has 1 aromatic heterocycles. The summed E-state index contributed by atoms with van der Waals surface area (Å²) in [5.74, 6) is -0.512. The topological polar surface area (TPSA) is 93.4 Å². The molecule has 4 aromatic rings. The highest BCUT2D eigenvalue weighted by atomic mass is 35.5. The van der Waals surface area contributed by atoms with E-state index in [9.17, 15) is 18.0 Å². The van der Waals surface area contributed by atoms with Crippen LogP contribution in [0.2, 0.25) is 5.02 Å². The van der Waals surface area contributed by atoms with Crippen LogP contribution in [-0.2, 0) is 10.0 Å². The molecule has 8 heteroatoms. The van der Waals surface area contributed by atoms with Gasteiger partial charge in [-0.2, -0.15) is 0 Å². The van der Waals surface area contributed by atoms with E-state index in [0.717, 1.165) is 0 Å². The molecule has 0 aliphatic heterocycles. The first-order valence-electron chi connectivity index (χ1n) is 8.79. The summed E-state index contributed by atoms with van der Waals surface area (Å²) >= 11 is 5.79. The zero-order valence-electron chi connectivity index (χ0n) is 15.3. The van der Waals surface area contributed by atoms with E-state index in [2.05, 4.69) is 4.72 Å². The second-order valence-corrected chi connectivity index (χ2v) is 8.57. The largest absolute Gasteiger partial charge is 0.422 e. The van der Waals surface area contributed by atoms with Gasteiger partial charge in [0.1, 0.15) is 11.1 Å². The number of hydrogen-bond donors (Lipinski definition) is 1. The maximum Gasteiger partial charge on any atom is 0.347 e. The van der Waals surface area contributed by atoms with Crippen molar-refractivity contribution in [3.05, 3.63) is 105 Å². The van der Waals surface area contributed by atoms with Crippen molar-refractivity contribution in [2.45, 2.75) is 4.90 Å². The van der Waals surface area contributed by atoms with E-state index in [0.29, 0.717) is 16.0 Å². The van der Waals surface area contributed by atoms with Gasteiger partial charge in [-0.15, -0.1) is 0 Å². The lowest BCUT2D eigenvalue weighted by Crippen LogP contribution is -2.15. The van der Waals surface area contributed by atoms with Crippen molar-refractivity contribution in [3.8, 4) is 0 Å². The van der Waals surface area contributed by atoms with Crippen LogP contribution in [0.3, 0.4) is 0 Å². The number of carbonyl (C=O) groups excluding carboxylic acids is 1. The number of anilines is 1. The molecule has 0 radical (unpaired) electrons. The van der Waals surface area contributed by atoms with Crippen LogP contribution in [0.15, 0.2) is 93.0 Å². The molecule has 4 rings (SSSR count).